The number of phenolic OH excluding ortho intramolecular Hbond substituents is 2. The second-order valence-corrected chi connectivity index (χ2v) is 5.86. The maximum absolute atomic E-state index is 12.6. The highest BCUT2D eigenvalue weighted by Crippen LogP contribution is 2.27. The molecule has 0 fully saturated rings. The van der Waals surface area contributed by atoms with Gasteiger partial charge in [0.2, 0.25) is 0 Å². The number of ketones is 2. The summed E-state index contributed by atoms with van der Waals surface area (Å²) in [6.45, 7) is 1.71. The van der Waals surface area contributed by atoms with Gasteiger partial charge in [0.1, 0.15) is 5.75 Å². The second-order valence-electron chi connectivity index (χ2n) is 5.86. The predicted octanol–water partition coefficient (Wildman–Crippen LogP) is 3.67. The molecule has 5 nitrogen and oxygen atoms in total. The summed E-state index contributed by atoms with van der Waals surface area (Å²) in [5, 5.41) is 19.2. The first-order valence-corrected chi connectivity index (χ1v) is 8.37. The zero-order valence-electron chi connectivity index (χ0n) is 14.9. The number of methoxy groups -OCH3 is 1. The Morgan fingerprint density at radius 2 is 1.85 bits per heavy atom. The van der Waals surface area contributed by atoms with Gasteiger partial charge in [-0.25, -0.2) is 0 Å². The first kappa shape index (κ1) is 19.2. The van der Waals surface area contributed by atoms with Crippen molar-refractivity contribution in [2.45, 2.75) is 26.2 Å². The smallest absolute Gasteiger partial charge is 0.166 e. The van der Waals surface area contributed by atoms with Crippen LogP contribution < -0.4 is 4.74 Å². The lowest BCUT2D eigenvalue weighted by Gasteiger charge is -2.08. The Kier molecular flexibility index (Phi) is 6.55. The van der Waals surface area contributed by atoms with Gasteiger partial charge >= 0.3 is 0 Å². The van der Waals surface area contributed by atoms with Gasteiger partial charge in [0, 0.05) is 12.8 Å². The standard InChI is InChI=1S/C21H22O5/c1-3-18(23)17(12-15-5-4-6-16(22)11-15)19(24)9-7-14-8-10-20(25)21(13-14)26-2/h4-6,8,10-13,22,25H,3,7,9H2,1-2H3. The van der Waals surface area contributed by atoms with Crippen molar-refractivity contribution >= 4 is 17.6 Å². The topological polar surface area (TPSA) is 83.8 Å². The zero-order chi connectivity index (χ0) is 19.1. The van der Waals surface area contributed by atoms with Gasteiger partial charge in [0.15, 0.2) is 23.1 Å². The molecule has 0 unspecified atom stereocenters. The number of ether oxygens (including phenoxy) is 1. The van der Waals surface area contributed by atoms with Crippen molar-refractivity contribution in [1.29, 1.82) is 0 Å². The highest BCUT2D eigenvalue weighted by atomic mass is 16.5. The molecular weight excluding hydrogens is 332 g/mol. The van der Waals surface area contributed by atoms with Crippen LogP contribution in [-0.4, -0.2) is 28.9 Å². The van der Waals surface area contributed by atoms with E-state index in [4.69, 9.17) is 4.74 Å². The zero-order valence-corrected chi connectivity index (χ0v) is 14.9. The summed E-state index contributed by atoms with van der Waals surface area (Å²) in [6.07, 6.45) is 2.32. The van der Waals surface area contributed by atoms with E-state index in [1.807, 2.05) is 0 Å². The van der Waals surface area contributed by atoms with Gasteiger partial charge < -0.3 is 14.9 Å². The summed E-state index contributed by atoms with van der Waals surface area (Å²) in [5.41, 5.74) is 1.55. The van der Waals surface area contributed by atoms with Crippen molar-refractivity contribution in [3.8, 4) is 17.2 Å². The molecule has 0 aliphatic heterocycles. The molecule has 0 amide bonds. The van der Waals surface area contributed by atoms with Crippen molar-refractivity contribution in [3.05, 3.63) is 59.2 Å². The Labute approximate surface area is 152 Å². The van der Waals surface area contributed by atoms with Gasteiger partial charge in [-0.1, -0.05) is 25.1 Å². The number of carbonyl (C=O) groups excluding carboxylic acids is 2. The van der Waals surface area contributed by atoms with Gasteiger partial charge in [-0.3, -0.25) is 9.59 Å². The summed E-state index contributed by atoms with van der Waals surface area (Å²) in [6, 6.07) is 11.3. The molecule has 0 saturated carbocycles. The van der Waals surface area contributed by atoms with Crippen molar-refractivity contribution in [3.63, 3.8) is 0 Å². The number of carbonyl (C=O) groups is 2. The van der Waals surface area contributed by atoms with E-state index < -0.39 is 0 Å². The number of Topliss-reactive ketones (excluding diaryl/α,β-unsaturated/α-hetero) is 2. The average Bonchev–Trinajstić information content (AvgIpc) is 2.64. The maximum atomic E-state index is 12.6. The number of phenols is 2. The minimum atomic E-state index is -0.257. The van der Waals surface area contributed by atoms with E-state index in [9.17, 15) is 19.8 Å². The molecular formula is C21H22O5. The van der Waals surface area contributed by atoms with Crippen LogP contribution in [0.15, 0.2) is 48.0 Å². The first-order valence-electron chi connectivity index (χ1n) is 8.37. The molecule has 0 bridgehead atoms. The fourth-order valence-corrected chi connectivity index (χ4v) is 2.56. The third kappa shape index (κ3) is 4.96. The van der Waals surface area contributed by atoms with Crippen molar-refractivity contribution in [2.75, 3.05) is 7.11 Å². The predicted molar refractivity (Wildman–Crippen MR) is 99.4 cm³/mol. The number of aryl methyl sites for hydroxylation is 1. The Morgan fingerprint density at radius 3 is 2.50 bits per heavy atom. The molecule has 0 atom stereocenters. The molecule has 2 N–H and O–H groups in total. The maximum Gasteiger partial charge on any atom is 0.166 e. The Balaban J connectivity index is 2.18. The summed E-state index contributed by atoms with van der Waals surface area (Å²) < 4.78 is 5.06. The largest absolute Gasteiger partial charge is 0.508 e. The molecule has 136 valence electrons. The van der Waals surface area contributed by atoms with E-state index in [-0.39, 0.29) is 41.5 Å². The summed E-state index contributed by atoms with van der Waals surface area (Å²) in [4.78, 5) is 24.8. The molecule has 0 aliphatic carbocycles. The summed E-state index contributed by atoms with van der Waals surface area (Å²) in [7, 11) is 1.46. The van der Waals surface area contributed by atoms with Crippen LogP contribution in [0, 0.1) is 0 Å². The number of benzene rings is 2. The molecule has 0 aliphatic rings. The van der Waals surface area contributed by atoms with Crippen molar-refractivity contribution in [2.24, 2.45) is 0 Å². The Morgan fingerprint density at radius 1 is 1.08 bits per heavy atom. The van der Waals surface area contributed by atoms with E-state index >= 15 is 0 Å². The average molecular weight is 354 g/mol. The molecule has 0 heterocycles. The van der Waals surface area contributed by atoms with E-state index in [0.29, 0.717) is 17.7 Å². The second kappa shape index (κ2) is 8.85. The van der Waals surface area contributed by atoms with Crippen LogP contribution >= 0.6 is 0 Å². The molecule has 0 saturated heterocycles. The Hall–Kier alpha value is -3.08. The van der Waals surface area contributed by atoms with E-state index in [0.717, 1.165) is 5.56 Å². The van der Waals surface area contributed by atoms with Crippen LogP contribution in [0.5, 0.6) is 17.2 Å². The highest BCUT2D eigenvalue weighted by Gasteiger charge is 2.17. The SMILES string of the molecule is CCC(=O)C(=Cc1cccc(O)c1)C(=O)CCc1ccc(O)c(OC)c1. The third-order valence-electron chi connectivity index (χ3n) is 3.99. The summed E-state index contributed by atoms with van der Waals surface area (Å²) >= 11 is 0. The molecule has 0 radical (unpaired) electrons. The molecule has 5 heteroatoms. The lowest BCUT2D eigenvalue weighted by molar-refractivity contribution is -0.121. The van der Waals surface area contributed by atoms with Gasteiger partial charge in [0.05, 0.1) is 12.7 Å². The van der Waals surface area contributed by atoms with Crippen molar-refractivity contribution in [1.82, 2.24) is 0 Å². The number of allylic oxidation sites excluding steroid dienone is 1. The van der Waals surface area contributed by atoms with E-state index in [1.54, 1.807) is 31.2 Å². The molecule has 2 aromatic carbocycles. The van der Waals surface area contributed by atoms with Crippen molar-refractivity contribution < 1.29 is 24.5 Å². The van der Waals surface area contributed by atoms with Crippen LogP contribution in [0.1, 0.15) is 30.9 Å². The lowest BCUT2D eigenvalue weighted by atomic mass is 9.96. The molecule has 2 rings (SSSR count). The summed E-state index contributed by atoms with van der Waals surface area (Å²) in [5.74, 6) is -0.0390. The van der Waals surface area contributed by atoms with Gasteiger partial charge in [-0.05, 0) is 47.9 Å². The lowest BCUT2D eigenvalue weighted by Crippen LogP contribution is -2.13. The number of hydrogen-bond acceptors (Lipinski definition) is 5. The fourth-order valence-electron chi connectivity index (χ4n) is 2.56. The van der Waals surface area contributed by atoms with Gasteiger partial charge in [-0.2, -0.15) is 0 Å². The Bertz CT molecular complexity index is 836. The van der Waals surface area contributed by atoms with Crippen LogP contribution in [0.25, 0.3) is 6.08 Å². The van der Waals surface area contributed by atoms with Crippen LogP contribution in [0.4, 0.5) is 0 Å². The number of hydrogen-bond donors (Lipinski definition) is 2. The van der Waals surface area contributed by atoms with E-state index in [1.165, 1.54) is 31.4 Å². The van der Waals surface area contributed by atoms with Gasteiger partial charge in [0.25, 0.3) is 0 Å². The van der Waals surface area contributed by atoms with Crippen LogP contribution in [0.3, 0.4) is 0 Å². The van der Waals surface area contributed by atoms with Crippen LogP contribution in [0.2, 0.25) is 0 Å². The highest BCUT2D eigenvalue weighted by molar-refractivity contribution is 6.23. The fraction of sp³-hybridized carbons (Fsp3) is 0.238. The quantitative estimate of drug-likeness (QED) is 0.429. The first-order chi connectivity index (χ1) is 12.4. The molecule has 2 aromatic rings. The van der Waals surface area contributed by atoms with Gasteiger partial charge in [-0.15, -0.1) is 0 Å². The molecule has 26 heavy (non-hydrogen) atoms. The molecule has 0 aromatic heterocycles. The normalized spacial score (nSPS) is 11.2. The number of aromatic hydroxyl groups is 2. The van der Waals surface area contributed by atoms with Crippen LogP contribution in [-0.2, 0) is 16.0 Å². The third-order valence-corrected chi connectivity index (χ3v) is 3.99. The minimum Gasteiger partial charge on any atom is -0.508 e. The minimum absolute atomic E-state index is 0.0354. The monoisotopic (exact) mass is 354 g/mol. The van der Waals surface area contributed by atoms with E-state index in [2.05, 4.69) is 0 Å². The number of rotatable bonds is 8. The molecule has 0 spiro atoms.